The van der Waals surface area contributed by atoms with Crippen molar-refractivity contribution < 1.29 is 0 Å². The Morgan fingerprint density at radius 2 is 2.13 bits per heavy atom. The minimum atomic E-state index is 0.291. The van der Waals surface area contributed by atoms with Crippen molar-refractivity contribution in [3.05, 3.63) is 12.2 Å². The van der Waals surface area contributed by atoms with E-state index in [1.807, 2.05) is 11.7 Å². The molecule has 0 aromatic carbocycles. The molecule has 1 fully saturated rings. The molecule has 2 rings (SSSR count). The lowest BCUT2D eigenvalue weighted by molar-refractivity contribution is 0.191. The molecule has 1 aliphatic rings. The molecular weight excluding hydrogens is 188 g/mol. The average molecular weight is 208 g/mol. The normalized spacial score (nSPS) is 20.4. The first-order valence-corrected chi connectivity index (χ1v) is 5.79. The fourth-order valence-electron chi connectivity index (χ4n) is 2.57. The molecule has 4 heteroatoms. The van der Waals surface area contributed by atoms with Crippen LogP contribution < -0.4 is 5.73 Å². The van der Waals surface area contributed by atoms with E-state index in [-0.39, 0.29) is 0 Å². The molecule has 0 amide bonds. The fraction of sp³-hybridized carbons (Fsp3) is 0.818. The number of hydrogen-bond donors (Lipinski definition) is 1. The van der Waals surface area contributed by atoms with E-state index >= 15 is 0 Å². The lowest BCUT2D eigenvalue weighted by Gasteiger charge is -2.35. The molecule has 0 unspecified atom stereocenters. The minimum Gasteiger partial charge on any atom is -0.330 e. The zero-order valence-electron chi connectivity index (χ0n) is 9.45. The molecule has 0 spiro atoms. The maximum Gasteiger partial charge on any atom is 0.138 e. The van der Waals surface area contributed by atoms with Gasteiger partial charge in [0.05, 0.1) is 0 Å². The number of aromatic nitrogens is 3. The third-order valence-corrected chi connectivity index (χ3v) is 3.69. The van der Waals surface area contributed by atoms with Crippen molar-refractivity contribution >= 4 is 0 Å². The summed E-state index contributed by atoms with van der Waals surface area (Å²) >= 11 is 0. The van der Waals surface area contributed by atoms with Crippen molar-refractivity contribution in [3.63, 3.8) is 0 Å². The molecule has 1 aromatic heterocycles. The van der Waals surface area contributed by atoms with Gasteiger partial charge in [0.1, 0.15) is 12.2 Å². The summed E-state index contributed by atoms with van der Waals surface area (Å²) in [6, 6.07) is 0. The van der Waals surface area contributed by atoms with Crippen LogP contribution in [0.4, 0.5) is 0 Å². The van der Waals surface area contributed by atoms with Crippen molar-refractivity contribution in [1.29, 1.82) is 0 Å². The van der Waals surface area contributed by atoms with Gasteiger partial charge in [0.15, 0.2) is 0 Å². The fourth-order valence-corrected chi connectivity index (χ4v) is 2.57. The van der Waals surface area contributed by atoms with Crippen LogP contribution in [0.25, 0.3) is 0 Å². The molecule has 1 aliphatic carbocycles. The molecule has 1 aromatic rings. The van der Waals surface area contributed by atoms with Crippen molar-refractivity contribution in [3.8, 4) is 0 Å². The predicted octanol–water partition coefficient (Wildman–Crippen LogP) is 1.27. The number of hydrogen-bond acceptors (Lipinski definition) is 3. The van der Waals surface area contributed by atoms with Crippen molar-refractivity contribution in [2.75, 3.05) is 6.54 Å². The number of rotatable bonds is 3. The Morgan fingerprint density at radius 3 is 2.67 bits per heavy atom. The van der Waals surface area contributed by atoms with Crippen LogP contribution in [0.1, 0.15) is 37.9 Å². The average Bonchev–Trinajstić information content (AvgIpc) is 2.66. The number of nitrogens with zero attached hydrogens (tertiary/aromatic N) is 3. The maximum atomic E-state index is 5.95. The van der Waals surface area contributed by atoms with Gasteiger partial charge in [-0.3, -0.25) is 4.68 Å². The largest absolute Gasteiger partial charge is 0.330 e. The van der Waals surface area contributed by atoms with Crippen LogP contribution >= 0.6 is 0 Å². The van der Waals surface area contributed by atoms with Gasteiger partial charge in [-0.15, -0.1) is 0 Å². The van der Waals surface area contributed by atoms with E-state index in [9.17, 15) is 0 Å². The molecule has 0 aliphatic heterocycles. The summed E-state index contributed by atoms with van der Waals surface area (Å²) in [5, 5.41) is 4.11. The number of nitrogens with two attached hydrogens (primary N) is 1. The van der Waals surface area contributed by atoms with Gasteiger partial charge in [-0.25, -0.2) is 4.98 Å². The lowest BCUT2D eigenvalue weighted by Crippen LogP contribution is -2.35. The Hall–Kier alpha value is -0.900. The van der Waals surface area contributed by atoms with E-state index in [2.05, 4.69) is 10.1 Å². The molecule has 0 atom stereocenters. The lowest BCUT2D eigenvalue weighted by atomic mass is 9.72. The van der Waals surface area contributed by atoms with Crippen molar-refractivity contribution in [2.45, 2.75) is 38.5 Å². The molecule has 4 nitrogen and oxygen atoms in total. The summed E-state index contributed by atoms with van der Waals surface area (Å²) in [6.07, 6.45) is 9.10. The van der Waals surface area contributed by atoms with Gasteiger partial charge in [0.2, 0.25) is 0 Å². The van der Waals surface area contributed by atoms with E-state index < -0.39 is 0 Å². The molecule has 0 bridgehead atoms. The van der Waals surface area contributed by atoms with Crippen LogP contribution in [0.3, 0.4) is 0 Å². The zero-order chi connectivity index (χ0) is 10.7. The molecule has 0 radical (unpaired) electrons. The van der Waals surface area contributed by atoms with Gasteiger partial charge in [0.25, 0.3) is 0 Å². The van der Waals surface area contributed by atoms with Crippen molar-refractivity contribution in [2.24, 2.45) is 18.2 Å². The summed E-state index contributed by atoms with van der Waals surface area (Å²) in [5.74, 6) is 1.07. The molecular formula is C11H20N4. The van der Waals surface area contributed by atoms with Gasteiger partial charge >= 0.3 is 0 Å². The van der Waals surface area contributed by atoms with E-state index in [0.29, 0.717) is 5.41 Å². The smallest absolute Gasteiger partial charge is 0.138 e. The topological polar surface area (TPSA) is 56.7 Å². The van der Waals surface area contributed by atoms with Gasteiger partial charge in [0, 0.05) is 13.5 Å². The van der Waals surface area contributed by atoms with E-state index in [0.717, 1.165) is 18.8 Å². The number of aryl methyl sites for hydroxylation is 1. The Labute approximate surface area is 90.9 Å². The van der Waals surface area contributed by atoms with Gasteiger partial charge in [-0.05, 0) is 24.8 Å². The first kappa shape index (κ1) is 10.6. The molecule has 1 heterocycles. The van der Waals surface area contributed by atoms with Crippen LogP contribution in [0.5, 0.6) is 0 Å². The van der Waals surface area contributed by atoms with Crippen LogP contribution in [0.2, 0.25) is 0 Å². The van der Waals surface area contributed by atoms with Crippen LogP contribution in [-0.2, 0) is 13.5 Å². The predicted molar refractivity (Wildman–Crippen MR) is 59.3 cm³/mol. The highest BCUT2D eigenvalue weighted by Gasteiger charge is 2.32. The summed E-state index contributed by atoms with van der Waals surface area (Å²) in [6.45, 7) is 0.778. The minimum absolute atomic E-state index is 0.291. The highest BCUT2D eigenvalue weighted by molar-refractivity contribution is 4.95. The standard InChI is InChI=1S/C11H20N4/c1-15-10(13-9-14-15)7-11(8-12)5-3-2-4-6-11/h9H,2-8,12H2,1H3. The van der Waals surface area contributed by atoms with Gasteiger partial charge < -0.3 is 5.73 Å². The second-order valence-corrected chi connectivity index (χ2v) is 4.74. The quantitative estimate of drug-likeness (QED) is 0.813. The second-order valence-electron chi connectivity index (χ2n) is 4.74. The first-order valence-electron chi connectivity index (χ1n) is 5.79. The van der Waals surface area contributed by atoms with Crippen LogP contribution in [0, 0.1) is 5.41 Å². The van der Waals surface area contributed by atoms with E-state index in [1.54, 1.807) is 6.33 Å². The van der Waals surface area contributed by atoms with E-state index in [4.69, 9.17) is 5.73 Å². The molecule has 2 N–H and O–H groups in total. The Balaban J connectivity index is 2.10. The molecule has 15 heavy (non-hydrogen) atoms. The van der Waals surface area contributed by atoms with Gasteiger partial charge in [-0.1, -0.05) is 19.3 Å². The maximum absolute atomic E-state index is 5.95. The van der Waals surface area contributed by atoms with Crippen LogP contribution in [0.15, 0.2) is 6.33 Å². The second kappa shape index (κ2) is 4.31. The molecule has 1 saturated carbocycles. The van der Waals surface area contributed by atoms with Crippen LogP contribution in [-0.4, -0.2) is 21.3 Å². The van der Waals surface area contributed by atoms with E-state index in [1.165, 1.54) is 32.1 Å². The summed E-state index contributed by atoms with van der Waals surface area (Å²) in [5.41, 5.74) is 6.24. The SMILES string of the molecule is Cn1ncnc1CC1(CN)CCCCC1. The highest BCUT2D eigenvalue weighted by atomic mass is 15.3. The Bertz CT molecular complexity index is 312. The van der Waals surface area contributed by atoms with Gasteiger partial charge in [-0.2, -0.15) is 5.10 Å². The third-order valence-electron chi connectivity index (χ3n) is 3.69. The monoisotopic (exact) mass is 208 g/mol. The summed E-state index contributed by atoms with van der Waals surface area (Å²) in [4.78, 5) is 4.30. The summed E-state index contributed by atoms with van der Waals surface area (Å²) < 4.78 is 1.87. The first-order chi connectivity index (χ1) is 7.26. The highest BCUT2D eigenvalue weighted by Crippen LogP contribution is 2.37. The summed E-state index contributed by atoms with van der Waals surface area (Å²) in [7, 11) is 1.95. The Kier molecular flexibility index (Phi) is 3.05. The van der Waals surface area contributed by atoms with Crippen molar-refractivity contribution in [1.82, 2.24) is 14.8 Å². The molecule has 84 valence electrons. The third kappa shape index (κ3) is 2.20. The zero-order valence-corrected chi connectivity index (χ0v) is 9.45. The Morgan fingerprint density at radius 1 is 1.40 bits per heavy atom. The molecule has 0 saturated heterocycles.